The summed E-state index contributed by atoms with van der Waals surface area (Å²) in [6.07, 6.45) is 0.115. The Bertz CT molecular complexity index is 1040. The van der Waals surface area contributed by atoms with Crippen molar-refractivity contribution in [3.8, 4) is 5.75 Å². The maximum absolute atomic E-state index is 12.3. The van der Waals surface area contributed by atoms with Gasteiger partial charge in [0.1, 0.15) is 5.75 Å². The van der Waals surface area contributed by atoms with Crippen LogP contribution in [0.2, 0.25) is 0 Å². The molecule has 0 bridgehead atoms. The average Bonchev–Trinajstić information content (AvgIpc) is 2.95. The van der Waals surface area contributed by atoms with Crippen LogP contribution in [-0.4, -0.2) is 22.5 Å². The number of nitro groups is 1. The van der Waals surface area contributed by atoms with Crippen LogP contribution >= 0.6 is 12.2 Å². The number of hydrogen-bond acceptors (Lipinski definition) is 6. The molecule has 3 rings (SSSR count). The fraction of sp³-hybridized carbons (Fsp3) is 0.176. The highest BCUT2D eigenvalue weighted by atomic mass is 32.1. The number of nitrogens with one attached hydrogen (secondary N) is 1. The Hall–Kier alpha value is -3.20. The van der Waals surface area contributed by atoms with Gasteiger partial charge in [-0.1, -0.05) is 12.1 Å². The van der Waals surface area contributed by atoms with E-state index in [4.69, 9.17) is 21.4 Å². The summed E-state index contributed by atoms with van der Waals surface area (Å²) in [5.41, 5.74) is 1.56. The third-order valence-electron chi connectivity index (χ3n) is 3.80. The molecule has 8 nitrogen and oxygen atoms in total. The number of para-hydroxylation sites is 2. The monoisotopic (exact) mass is 373 g/mol. The van der Waals surface area contributed by atoms with Crippen molar-refractivity contribution in [2.45, 2.75) is 13.0 Å². The standard InChI is InChI=1S/C17H15N3O5S/c1-24-14-7-6-11(20(22)23)10-12(14)18-16(21)8-9-19-13-4-2-3-5-15(13)25-17(19)26/h2-7,10H,8-9H2,1H3,(H,18,21). The van der Waals surface area contributed by atoms with Crippen molar-refractivity contribution >= 4 is 40.6 Å². The zero-order chi connectivity index (χ0) is 18.7. The molecule has 0 aliphatic heterocycles. The van der Waals surface area contributed by atoms with Crippen molar-refractivity contribution < 1.29 is 18.9 Å². The number of oxazole rings is 1. The number of nitro benzene ring substituents is 1. The van der Waals surface area contributed by atoms with Crippen LogP contribution in [0, 0.1) is 15.0 Å². The summed E-state index contributed by atoms with van der Waals surface area (Å²) in [6, 6.07) is 11.4. The molecule has 0 unspecified atom stereocenters. The summed E-state index contributed by atoms with van der Waals surface area (Å²) in [4.78, 5) is 22.9. The number of nitrogens with zero attached hydrogens (tertiary/aromatic N) is 2. The Balaban J connectivity index is 1.75. The summed E-state index contributed by atoms with van der Waals surface area (Å²) in [5.74, 6) is 0.0188. The number of hydrogen-bond donors (Lipinski definition) is 1. The van der Waals surface area contributed by atoms with Crippen LogP contribution in [0.1, 0.15) is 6.42 Å². The highest BCUT2D eigenvalue weighted by Crippen LogP contribution is 2.29. The molecule has 9 heteroatoms. The minimum absolute atomic E-state index is 0.115. The summed E-state index contributed by atoms with van der Waals surface area (Å²) < 4.78 is 12.3. The van der Waals surface area contributed by atoms with Crippen molar-refractivity contribution in [2.24, 2.45) is 0 Å². The molecule has 0 radical (unpaired) electrons. The van der Waals surface area contributed by atoms with Gasteiger partial charge in [0.25, 0.3) is 10.5 Å². The average molecular weight is 373 g/mol. The largest absolute Gasteiger partial charge is 0.495 e. The molecule has 0 atom stereocenters. The lowest BCUT2D eigenvalue weighted by Gasteiger charge is -2.10. The van der Waals surface area contributed by atoms with E-state index in [1.807, 2.05) is 18.2 Å². The van der Waals surface area contributed by atoms with Crippen molar-refractivity contribution in [3.05, 3.63) is 57.4 Å². The summed E-state index contributed by atoms with van der Waals surface area (Å²) in [6.45, 7) is 0.318. The molecule has 0 fully saturated rings. The second-order valence-electron chi connectivity index (χ2n) is 5.43. The molecule has 1 aromatic heterocycles. The normalized spacial score (nSPS) is 10.7. The van der Waals surface area contributed by atoms with Crippen LogP contribution in [-0.2, 0) is 11.3 Å². The van der Waals surface area contributed by atoms with E-state index in [9.17, 15) is 14.9 Å². The number of benzene rings is 2. The molecule has 0 saturated carbocycles. The van der Waals surface area contributed by atoms with Gasteiger partial charge in [0.15, 0.2) is 5.58 Å². The van der Waals surface area contributed by atoms with Crippen molar-refractivity contribution in [2.75, 3.05) is 12.4 Å². The molecule has 2 aromatic carbocycles. The molecule has 1 heterocycles. The number of aryl methyl sites for hydroxylation is 1. The molecule has 0 aliphatic rings. The molecule has 0 aliphatic carbocycles. The van der Waals surface area contributed by atoms with E-state index in [2.05, 4.69) is 5.32 Å². The third kappa shape index (κ3) is 3.57. The zero-order valence-electron chi connectivity index (χ0n) is 13.8. The maximum atomic E-state index is 12.3. The first-order valence-corrected chi connectivity index (χ1v) is 8.11. The number of non-ortho nitro benzene ring substituents is 1. The Morgan fingerprint density at radius 3 is 2.85 bits per heavy atom. The number of ether oxygens (including phenoxy) is 1. The second kappa shape index (κ2) is 7.36. The van der Waals surface area contributed by atoms with E-state index < -0.39 is 4.92 Å². The Morgan fingerprint density at radius 2 is 2.12 bits per heavy atom. The van der Waals surface area contributed by atoms with Crippen molar-refractivity contribution in [1.29, 1.82) is 0 Å². The summed E-state index contributed by atoms with van der Waals surface area (Å²) in [7, 11) is 1.42. The number of amides is 1. The lowest BCUT2D eigenvalue weighted by atomic mass is 10.2. The van der Waals surface area contributed by atoms with E-state index in [1.54, 1.807) is 10.6 Å². The van der Waals surface area contributed by atoms with Gasteiger partial charge in [-0.2, -0.15) is 0 Å². The number of anilines is 1. The van der Waals surface area contributed by atoms with E-state index in [0.29, 0.717) is 17.9 Å². The van der Waals surface area contributed by atoms with Crippen LogP contribution < -0.4 is 10.1 Å². The van der Waals surface area contributed by atoms with Gasteiger partial charge in [-0.15, -0.1) is 0 Å². The molecule has 0 saturated heterocycles. The van der Waals surface area contributed by atoms with Gasteiger partial charge in [-0.3, -0.25) is 19.5 Å². The van der Waals surface area contributed by atoms with Crippen LogP contribution in [0.5, 0.6) is 5.75 Å². The van der Waals surface area contributed by atoms with Gasteiger partial charge >= 0.3 is 0 Å². The lowest BCUT2D eigenvalue weighted by Crippen LogP contribution is -2.15. The number of carbonyl (C=O) groups is 1. The van der Waals surface area contributed by atoms with E-state index in [-0.39, 0.29) is 28.5 Å². The summed E-state index contributed by atoms with van der Waals surface area (Å²) >= 11 is 5.19. The van der Waals surface area contributed by atoms with Crippen LogP contribution in [0.25, 0.3) is 11.1 Å². The Morgan fingerprint density at radius 1 is 1.35 bits per heavy atom. The van der Waals surface area contributed by atoms with Crippen molar-refractivity contribution in [1.82, 2.24) is 4.57 Å². The minimum Gasteiger partial charge on any atom is -0.495 e. The fourth-order valence-electron chi connectivity index (χ4n) is 2.56. The maximum Gasteiger partial charge on any atom is 0.271 e. The first kappa shape index (κ1) is 17.6. The number of aromatic nitrogens is 1. The van der Waals surface area contributed by atoms with Gasteiger partial charge < -0.3 is 14.5 Å². The number of fused-ring (bicyclic) bond motifs is 1. The number of carbonyl (C=O) groups excluding carboxylic acids is 1. The number of rotatable bonds is 6. The van der Waals surface area contributed by atoms with Crippen LogP contribution in [0.3, 0.4) is 0 Å². The van der Waals surface area contributed by atoms with Crippen LogP contribution in [0.4, 0.5) is 11.4 Å². The van der Waals surface area contributed by atoms with Crippen LogP contribution in [0.15, 0.2) is 46.9 Å². The zero-order valence-corrected chi connectivity index (χ0v) is 14.6. The predicted molar refractivity (Wildman–Crippen MR) is 97.9 cm³/mol. The molecule has 134 valence electrons. The van der Waals surface area contributed by atoms with Gasteiger partial charge in [-0.25, -0.2) is 0 Å². The van der Waals surface area contributed by atoms with E-state index >= 15 is 0 Å². The highest BCUT2D eigenvalue weighted by Gasteiger charge is 2.14. The topological polar surface area (TPSA) is 99.5 Å². The number of methoxy groups -OCH3 is 1. The molecule has 0 spiro atoms. The van der Waals surface area contributed by atoms with E-state index in [1.165, 1.54) is 25.3 Å². The molecule has 1 N–H and O–H groups in total. The molecule has 26 heavy (non-hydrogen) atoms. The van der Waals surface area contributed by atoms with E-state index in [0.717, 1.165) is 5.52 Å². The smallest absolute Gasteiger partial charge is 0.271 e. The van der Waals surface area contributed by atoms with Gasteiger partial charge in [0.2, 0.25) is 5.91 Å². The first-order valence-electron chi connectivity index (χ1n) is 7.70. The third-order valence-corrected chi connectivity index (χ3v) is 4.11. The first-order chi connectivity index (χ1) is 12.5. The molecular weight excluding hydrogens is 358 g/mol. The predicted octanol–water partition coefficient (Wildman–Crippen LogP) is 3.91. The summed E-state index contributed by atoms with van der Waals surface area (Å²) in [5, 5.41) is 13.5. The van der Waals surface area contributed by atoms with Gasteiger partial charge in [-0.05, 0) is 30.4 Å². The quantitative estimate of drug-likeness (QED) is 0.399. The minimum atomic E-state index is -0.536. The Labute approximate surface area is 153 Å². The van der Waals surface area contributed by atoms with Gasteiger partial charge in [0, 0.05) is 25.1 Å². The fourth-order valence-corrected chi connectivity index (χ4v) is 2.84. The molecule has 1 amide bonds. The highest BCUT2D eigenvalue weighted by molar-refractivity contribution is 7.71. The lowest BCUT2D eigenvalue weighted by molar-refractivity contribution is -0.384. The van der Waals surface area contributed by atoms with Crippen molar-refractivity contribution in [3.63, 3.8) is 0 Å². The second-order valence-corrected chi connectivity index (χ2v) is 5.78. The van der Waals surface area contributed by atoms with Gasteiger partial charge in [0.05, 0.1) is 23.2 Å². The Kier molecular flexibility index (Phi) is 4.99. The molecular formula is C17H15N3O5S. The SMILES string of the molecule is COc1ccc([N+](=O)[O-])cc1NC(=O)CCn1c(=S)oc2ccccc21. The molecule has 3 aromatic rings.